The van der Waals surface area contributed by atoms with E-state index in [2.05, 4.69) is 15.6 Å². The van der Waals surface area contributed by atoms with Crippen LogP contribution in [0, 0.1) is 0 Å². The molecule has 1 aliphatic rings. The van der Waals surface area contributed by atoms with Gasteiger partial charge in [0.15, 0.2) is 18.8 Å². The number of amides is 1. The Balaban J connectivity index is 0.000000416. The van der Waals surface area contributed by atoms with E-state index in [9.17, 15) is 29.4 Å². The minimum atomic E-state index is -2.27. The number of aliphatic hydroxyl groups excluding tert-OH is 3. The van der Waals surface area contributed by atoms with Crippen LogP contribution in [0.4, 0.5) is 5.69 Å². The van der Waals surface area contributed by atoms with Gasteiger partial charge in [0.05, 0.1) is 22.8 Å². The lowest BCUT2D eigenvalue weighted by molar-refractivity contribution is -0.165. The lowest BCUT2D eigenvalue weighted by atomic mass is 9.97. The molecule has 1 amide bonds. The molecule has 0 spiro atoms. The van der Waals surface area contributed by atoms with E-state index in [4.69, 9.17) is 25.2 Å². The van der Waals surface area contributed by atoms with Crippen LogP contribution in [0.3, 0.4) is 0 Å². The van der Waals surface area contributed by atoms with E-state index in [-0.39, 0.29) is 36.0 Å². The maximum absolute atomic E-state index is 12.2. The van der Waals surface area contributed by atoms with Crippen LogP contribution >= 0.6 is 0 Å². The first-order chi connectivity index (χ1) is 19.7. The molecule has 228 valence electrons. The van der Waals surface area contributed by atoms with Crippen molar-refractivity contribution < 1.29 is 49.8 Å². The van der Waals surface area contributed by atoms with Crippen LogP contribution in [0.25, 0.3) is 11.0 Å². The lowest BCUT2D eigenvalue weighted by Crippen LogP contribution is -2.42. The summed E-state index contributed by atoms with van der Waals surface area (Å²) in [5.74, 6) is -3.54. The van der Waals surface area contributed by atoms with E-state index >= 15 is 0 Å². The molecule has 2 aromatic carbocycles. The first-order valence-electron chi connectivity index (χ1n) is 12.9. The average molecular weight is 591 g/mol. The molecule has 15 heteroatoms. The van der Waals surface area contributed by atoms with Crippen LogP contribution in [-0.4, -0.2) is 88.9 Å². The summed E-state index contributed by atoms with van der Waals surface area (Å²) >= 11 is 0. The number of ether oxygens (including phenoxy) is 1. The van der Waals surface area contributed by atoms with E-state index in [1.165, 1.54) is 12.1 Å². The zero-order valence-corrected chi connectivity index (χ0v) is 22.9. The van der Waals surface area contributed by atoms with E-state index in [0.717, 1.165) is 23.9 Å². The highest BCUT2D eigenvalue weighted by Gasteiger charge is 2.29. The first-order valence-corrected chi connectivity index (χ1v) is 12.9. The Hall–Kier alpha value is -4.44. The highest BCUT2D eigenvalue weighted by molar-refractivity contribution is 5.96. The number of imidazole rings is 1. The third-order valence-corrected chi connectivity index (χ3v) is 6.53. The Morgan fingerprint density at radius 1 is 1.07 bits per heavy atom. The third kappa shape index (κ3) is 8.07. The Kier molecular flexibility index (Phi) is 10.3. The predicted octanol–water partition coefficient (Wildman–Crippen LogP) is 0.126. The zero-order chi connectivity index (χ0) is 31.2. The number of fused-ring (bicyclic) bond motifs is 2. The Morgan fingerprint density at radius 2 is 1.71 bits per heavy atom. The van der Waals surface area contributed by atoms with Crippen molar-refractivity contribution in [3.8, 4) is 11.5 Å². The number of nitrogens with zero attached hydrogens (tertiary/aromatic N) is 1. The van der Waals surface area contributed by atoms with Crippen molar-refractivity contribution in [1.82, 2.24) is 14.9 Å². The van der Waals surface area contributed by atoms with Crippen LogP contribution in [0.2, 0.25) is 0 Å². The van der Waals surface area contributed by atoms with Crippen molar-refractivity contribution in [2.24, 2.45) is 0 Å². The van der Waals surface area contributed by atoms with Gasteiger partial charge in [-0.25, -0.2) is 14.4 Å². The number of β-amino-alcohol motifs (C(OH)–C–C–N with tert-alkyl or cyclic N) is 1. The number of aromatic amines is 1. The highest BCUT2D eigenvalue weighted by atomic mass is 16.5. The molecule has 0 saturated carbocycles. The molecule has 15 nitrogen and oxygen atoms in total. The fourth-order valence-electron chi connectivity index (χ4n) is 4.31. The molecule has 1 aliphatic heterocycles. The van der Waals surface area contributed by atoms with Gasteiger partial charge in [-0.2, -0.15) is 0 Å². The number of aromatic hydroxyl groups is 1. The number of carboxylic acid groups (broad SMARTS) is 2. The summed E-state index contributed by atoms with van der Waals surface area (Å²) < 4.78 is 7.22. The second-order valence-electron chi connectivity index (χ2n) is 10.3. The maximum atomic E-state index is 12.2. The number of hydrogen-bond acceptors (Lipinski definition) is 10. The van der Waals surface area contributed by atoms with E-state index in [0.29, 0.717) is 23.5 Å². The van der Waals surface area contributed by atoms with Crippen LogP contribution < -0.4 is 21.1 Å². The smallest absolute Gasteiger partial charge is 0.335 e. The third-order valence-electron chi connectivity index (χ3n) is 6.53. The number of carbonyl (C=O) groups excluding carboxylic acids is 1. The topological polar surface area (TPSA) is 244 Å². The van der Waals surface area contributed by atoms with Crippen molar-refractivity contribution in [2.75, 3.05) is 18.5 Å². The van der Waals surface area contributed by atoms with Crippen molar-refractivity contribution in [2.45, 2.75) is 57.1 Å². The first kappa shape index (κ1) is 32.1. The molecule has 2 unspecified atom stereocenters. The molecule has 0 fully saturated rings. The summed E-state index contributed by atoms with van der Waals surface area (Å²) in [4.78, 5) is 46.2. The molecule has 1 aromatic heterocycles. The Morgan fingerprint density at radius 3 is 2.36 bits per heavy atom. The monoisotopic (exact) mass is 590 g/mol. The predicted molar refractivity (Wildman–Crippen MR) is 148 cm³/mol. The molecule has 42 heavy (non-hydrogen) atoms. The number of H-pyrrole nitrogens is 1. The zero-order valence-electron chi connectivity index (χ0n) is 22.9. The molecule has 0 bridgehead atoms. The number of benzene rings is 2. The number of phenolic OH excluding ortho intramolecular Hbond substituents is 1. The van der Waals surface area contributed by atoms with Gasteiger partial charge in [-0.05, 0) is 44.9 Å². The van der Waals surface area contributed by atoms with E-state index < -0.39 is 30.3 Å². The molecule has 0 saturated heterocycles. The Labute approximate surface area is 239 Å². The second-order valence-corrected chi connectivity index (χ2v) is 10.3. The number of aromatic nitrogens is 2. The van der Waals surface area contributed by atoms with E-state index in [1.807, 2.05) is 38.1 Å². The lowest BCUT2D eigenvalue weighted by Gasteiger charge is -2.29. The summed E-state index contributed by atoms with van der Waals surface area (Å²) in [6, 6.07) is 10.5. The summed E-state index contributed by atoms with van der Waals surface area (Å²) in [6.07, 6.45) is -3.93. The number of anilines is 1. The molecule has 3 atom stereocenters. The number of carbonyl (C=O) groups is 3. The number of aryl methyl sites for hydroxylation is 1. The number of hydrogen-bond donors (Lipinski definition) is 9. The average Bonchev–Trinajstić information content (AvgIpc) is 3.25. The number of aliphatic carboxylic acids is 2. The minimum absolute atomic E-state index is 0.0629. The molecule has 2 heterocycles. The van der Waals surface area contributed by atoms with Gasteiger partial charge < -0.3 is 51.0 Å². The van der Waals surface area contributed by atoms with Crippen molar-refractivity contribution in [3.05, 3.63) is 52.4 Å². The summed E-state index contributed by atoms with van der Waals surface area (Å²) in [6.45, 7) is 4.75. The minimum Gasteiger partial charge on any atom is -0.508 e. The van der Waals surface area contributed by atoms with Crippen LogP contribution in [0.15, 0.2) is 41.2 Å². The maximum Gasteiger partial charge on any atom is 0.335 e. The summed E-state index contributed by atoms with van der Waals surface area (Å²) in [7, 11) is 0. The largest absolute Gasteiger partial charge is 0.508 e. The van der Waals surface area contributed by atoms with Crippen LogP contribution in [0.5, 0.6) is 11.5 Å². The quantitative estimate of drug-likeness (QED) is 0.145. The van der Waals surface area contributed by atoms with Crippen LogP contribution in [-0.2, 0) is 20.9 Å². The van der Waals surface area contributed by atoms with Gasteiger partial charge in [-0.15, -0.1) is 0 Å². The molecular formula is C27H34N4O11. The van der Waals surface area contributed by atoms with Gasteiger partial charge >= 0.3 is 17.6 Å². The molecular weight excluding hydrogens is 556 g/mol. The fourth-order valence-corrected chi connectivity index (χ4v) is 4.31. The number of carboxylic acids is 2. The van der Waals surface area contributed by atoms with Gasteiger partial charge in [0.2, 0.25) is 0 Å². The van der Waals surface area contributed by atoms with Gasteiger partial charge in [0, 0.05) is 30.3 Å². The van der Waals surface area contributed by atoms with Crippen molar-refractivity contribution in [1.29, 1.82) is 0 Å². The molecule has 3 aromatic rings. The van der Waals surface area contributed by atoms with Crippen molar-refractivity contribution >= 4 is 34.6 Å². The van der Waals surface area contributed by atoms with Gasteiger partial charge in [0.25, 0.3) is 5.91 Å². The fraction of sp³-hybridized carbons (Fsp3) is 0.407. The molecule has 0 aliphatic carbocycles. The highest BCUT2D eigenvalue weighted by Crippen LogP contribution is 2.38. The number of aliphatic hydroxyl groups is 3. The van der Waals surface area contributed by atoms with Gasteiger partial charge in [-0.3, -0.25) is 9.36 Å². The number of nitrogens with one attached hydrogen (secondary N) is 3. The molecule has 4 rings (SSSR count). The number of para-hydroxylation sites is 2. The molecule has 0 radical (unpaired) electrons. The Bertz CT molecular complexity index is 1480. The van der Waals surface area contributed by atoms with Gasteiger partial charge in [-0.1, -0.05) is 12.1 Å². The SMILES string of the molecule is CC(C)(CCCn1c(=O)[nH]c2ccccc21)NC[C@H](O)c1cc(O)cc2c1OCC(=O)N2.O=C(O)C(O)C(O)C(=O)O. The van der Waals surface area contributed by atoms with Gasteiger partial charge in [0.1, 0.15) is 11.5 Å². The van der Waals surface area contributed by atoms with E-state index in [1.54, 1.807) is 4.57 Å². The number of rotatable bonds is 11. The number of phenols is 1. The standard InChI is InChI=1S/C23H28N4O5.C4H6O6/c1-23(2,8-5-9-27-18-7-4-3-6-16(18)26-22(27)31)24-12-19(29)15-10-14(28)11-17-21(15)32-13-20(30)25-17;5-1(3(7)8)2(6)4(9)10/h3-4,6-7,10-11,19,24,28-29H,5,8-9,12-13H2,1-2H3,(H,25,30)(H,26,31);1-2,5-6H,(H,7,8)(H,9,10)/t19-;/m0./s1. The normalized spacial score (nSPS) is 14.9. The summed E-state index contributed by atoms with van der Waals surface area (Å²) in [5, 5.41) is 59.2. The molecule has 9 N–H and O–H groups in total. The second kappa shape index (κ2) is 13.5. The summed E-state index contributed by atoms with van der Waals surface area (Å²) in [5.41, 5.74) is 2.05. The van der Waals surface area contributed by atoms with Crippen LogP contribution in [0.1, 0.15) is 38.4 Å². The van der Waals surface area contributed by atoms with Crippen molar-refractivity contribution in [3.63, 3.8) is 0 Å².